The second-order valence-electron chi connectivity index (χ2n) is 5.13. The third-order valence-corrected chi connectivity index (χ3v) is 3.35. The van der Waals surface area contributed by atoms with Crippen LogP contribution in [0.2, 0.25) is 0 Å². The molecule has 0 amide bonds. The fourth-order valence-corrected chi connectivity index (χ4v) is 2.16. The molecule has 0 aromatic heterocycles. The number of rotatable bonds is 11. The molecule has 21 heavy (non-hydrogen) atoms. The van der Waals surface area contributed by atoms with Crippen molar-refractivity contribution in [3.8, 4) is 5.75 Å². The van der Waals surface area contributed by atoms with Crippen LogP contribution in [0.4, 0.5) is 0 Å². The Morgan fingerprint density at radius 3 is 2.19 bits per heavy atom. The summed E-state index contributed by atoms with van der Waals surface area (Å²) in [5.41, 5.74) is 0.911. The number of unbranched alkanes of at least 4 members (excludes halogenated alkanes) is 7. The van der Waals surface area contributed by atoms with Gasteiger partial charge in [0.15, 0.2) is 0 Å². The standard InChI is InChI=1S/C17H28O2.B.Na/c1-2-3-4-5-6-7-8-9-13-19-17-12-10-11-16(14-17)15-18;;/h10-12,14,18H,2-9,13,15H2,1H3;;/q;-1;+1. The summed E-state index contributed by atoms with van der Waals surface area (Å²) in [4.78, 5) is 0. The van der Waals surface area contributed by atoms with Crippen molar-refractivity contribution in [2.45, 2.75) is 64.9 Å². The van der Waals surface area contributed by atoms with E-state index in [4.69, 9.17) is 9.84 Å². The predicted molar refractivity (Wildman–Crippen MR) is 86.2 cm³/mol. The van der Waals surface area contributed by atoms with Crippen LogP contribution in [0.25, 0.3) is 0 Å². The number of aliphatic hydroxyl groups excluding tert-OH is 1. The van der Waals surface area contributed by atoms with E-state index in [0.29, 0.717) is 0 Å². The van der Waals surface area contributed by atoms with Gasteiger partial charge in [-0.3, -0.25) is 0 Å². The number of hydrogen-bond donors (Lipinski definition) is 1. The fraction of sp³-hybridized carbons (Fsp3) is 0.647. The van der Waals surface area contributed by atoms with Crippen molar-refractivity contribution in [1.29, 1.82) is 0 Å². The fourth-order valence-electron chi connectivity index (χ4n) is 2.16. The zero-order valence-corrected chi connectivity index (χ0v) is 15.8. The minimum atomic E-state index is 0. The molecule has 0 unspecified atom stereocenters. The van der Waals surface area contributed by atoms with Crippen molar-refractivity contribution < 1.29 is 39.4 Å². The zero-order chi connectivity index (χ0) is 13.8. The van der Waals surface area contributed by atoms with Crippen LogP contribution < -0.4 is 34.3 Å². The molecule has 0 bridgehead atoms. The Labute approximate surface area is 154 Å². The zero-order valence-electron chi connectivity index (χ0n) is 13.8. The summed E-state index contributed by atoms with van der Waals surface area (Å²) < 4.78 is 5.68. The van der Waals surface area contributed by atoms with E-state index in [-0.39, 0.29) is 44.6 Å². The molecule has 0 atom stereocenters. The first-order valence-corrected chi connectivity index (χ1v) is 7.69. The molecule has 1 N–H and O–H groups in total. The van der Waals surface area contributed by atoms with Gasteiger partial charge in [0.25, 0.3) is 0 Å². The summed E-state index contributed by atoms with van der Waals surface area (Å²) >= 11 is 0. The molecule has 0 saturated carbocycles. The first-order chi connectivity index (χ1) is 9.36. The molecule has 0 aliphatic rings. The topological polar surface area (TPSA) is 29.5 Å². The normalized spacial score (nSPS) is 9.62. The van der Waals surface area contributed by atoms with Crippen molar-refractivity contribution in [1.82, 2.24) is 0 Å². The van der Waals surface area contributed by atoms with Gasteiger partial charge in [0, 0.05) is 0 Å². The van der Waals surface area contributed by atoms with Gasteiger partial charge < -0.3 is 18.3 Å². The summed E-state index contributed by atoms with van der Waals surface area (Å²) in [6, 6.07) is 7.69. The summed E-state index contributed by atoms with van der Waals surface area (Å²) in [7, 11) is 0. The molecule has 112 valence electrons. The number of ether oxygens (including phenoxy) is 1. The SMILES string of the molecule is CCCCCCCCCCOc1cccc(CO)c1.[B-].[Na+]. The van der Waals surface area contributed by atoms with Gasteiger partial charge in [-0.05, 0) is 24.1 Å². The average Bonchev–Trinajstić information content (AvgIpc) is 2.46. The van der Waals surface area contributed by atoms with Crippen molar-refractivity contribution in [3.63, 3.8) is 0 Å². The van der Waals surface area contributed by atoms with Gasteiger partial charge in [-0.1, -0.05) is 64.0 Å². The van der Waals surface area contributed by atoms with E-state index in [0.717, 1.165) is 24.3 Å². The van der Waals surface area contributed by atoms with E-state index in [1.165, 1.54) is 44.9 Å². The minimum absolute atomic E-state index is 0. The van der Waals surface area contributed by atoms with Crippen LogP contribution >= 0.6 is 0 Å². The van der Waals surface area contributed by atoms with Crippen molar-refractivity contribution >= 4 is 8.41 Å². The second-order valence-corrected chi connectivity index (χ2v) is 5.13. The molecule has 0 aliphatic carbocycles. The molecule has 1 aromatic rings. The van der Waals surface area contributed by atoms with Gasteiger partial charge in [-0.15, -0.1) is 0 Å². The summed E-state index contributed by atoms with van der Waals surface area (Å²) in [5, 5.41) is 9.04. The maximum absolute atomic E-state index is 9.04. The maximum Gasteiger partial charge on any atom is 1.00 e. The first kappa shape index (κ1) is 23.3. The number of hydrogen-bond acceptors (Lipinski definition) is 2. The van der Waals surface area contributed by atoms with Crippen LogP contribution in [0.3, 0.4) is 0 Å². The first-order valence-electron chi connectivity index (χ1n) is 7.69. The van der Waals surface area contributed by atoms with Crippen LogP contribution in [0.15, 0.2) is 24.3 Å². The molecule has 0 spiro atoms. The van der Waals surface area contributed by atoms with Gasteiger partial charge in [-0.2, -0.15) is 0 Å². The molecule has 0 heterocycles. The van der Waals surface area contributed by atoms with E-state index < -0.39 is 0 Å². The van der Waals surface area contributed by atoms with Crippen LogP contribution in [0, 0.1) is 0 Å². The maximum atomic E-state index is 9.04. The van der Waals surface area contributed by atoms with Gasteiger partial charge in [0.05, 0.1) is 13.2 Å². The van der Waals surface area contributed by atoms with E-state index in [9.17, 15) is 0 Å². The summed E-state index contributed by atoms with van der Waals surface area (Å²) in [6.45, 7) is 3.11. The van der Waals surface area contributed by atoms with Crippen LogP contribution in [-0.2, 0) is 6.61 Å². The molecule has 4 radical (unpaired) electrons. The molecule has 1 rings (SSSR count). The smallest absolute Gasteiger partial charge is 1.00 e. The summed E-state index contributed by atoms with van der Waals surface area (Å²) in [6.07, 6.45) is 10.5. The Morgan fingerprint density at radius 2 is 1.57 bits per heavy atom. The Hall–Kier alpha value is 0.0449. The molecular formula is C17H28BNaO2. The number of benzene rings is 1. The predicted octanol–water partition coefficient (Wildman–Crippen LogP) is 1.32. The van der Waals surface area contributed by atoms with Crippen molar-refractivity contribution in [2.75, 3.05) is 6.61 Å². The summed E-state index contributed by atoms with van der Waals surface area (Å²) in [5.74, 6) is 0.870. The quantitative estimate of drug-likeness (QED) is 0.493. The van der Waals surface area contributed by atoms with E-state index >= 15 is 0 Å². The molecule has 2 nitrogen and oxygen atoms in total. The molecule has 0 aliphatic heterocycles. The number of aliphatic hydroxyl groups is 1. The van der Waals surface area contributed by atoms with Crippen LogP contribution in [-0.4, -0.2) is 20.1 Å². The second kappa shape index (κ2) is 16.4. The third kappa shape index (κ3) is 12.3. The van der Waals surface area contributed by atoms with Gasteiger partial charge in [0.2, 0.25) is 0 Å². The molecule has 0 fully saturated rings. The van der Waals surface area contributed by atoms with Crippen molar-refractivity contribution in [2.24, 2.45) is 0 Å². The van der Waals surface area contributed by atoms with E-state index in [1.54, 1.807) is 0 Å². The monoisotopic (exact) mass is 298 g/mol. The van der Waals surface area contributed by atoms with E-state index in [2.05, 4.69) is 6.92 Å². The van der Waals surface area contributed by atoms with Gasteiger partial charge in [0.1, 0.15) is 5.75 Å². The van der Waals surface area contributed by atoms with Crippen molar-refractivity contribution in [3.05, 3.63) is 29.8 Å². The Morgan fingerprint density at radius 1 is 0.952 bits per heavy atom. The molecule has 1 aromatic carbocycles. The Kier molecular flexibility index (Phi) is 18.2. The Balaban J connectivity index is 0. The minimum Gasteiger partial charge on any atom is -1.00 e. The third-order valence-electron chi connectivity index (χ3n) is 3.35. The molecule has 4 heteroatoms. The van der Waals surface area contributed by atoms with Gasteiger partial charge in [-0.25, -0.2) is 0 Å². The van der Waals surface area contributed by atoms with Crippen LogP contribution in [0.1, 0.15) is 63.9 Å². The van der Waals surface area contributed by atoms with Crippen LogP contribution in [0.5, 0.6) is 5.75 Å². The average molecular weight is 298 g/mol. The Bertz CT molecular complexity index is 334. The molecule has 0 saturated heterocycles. The van der Waals surface area contributed by atoms with E-state index in [1.807, 2.05) is 24.3 Å². The molecular weight excluding hydrogens is 270 g/mol. The van der Waals surface area contributed by atoms with Gasteiger partial charge >= 0.3 is 29.6 Å². The largest absolute Gasteiger partial charge is 1.00 e.